The summed E-state index contributed by atoms with van der Waals surface area (Å²) >= 11 is 0. The highest BCUT2D eigenvalue weighted by atomic mass is 16.5. The van der Waals surface area contributed by atoms with Gasteiger partial charge in [0.15, 0.2) is 5.65 Å². The number of rotatable bonds is 3. The SMILES string of the molecule is Cn1[nH]c(=O)c2cc(-c3ccccc3OC3CCCCC3)cnc21. The molecule has 0 unspecified atom stereocenters. The number of pyridine rings is 1. The molecule has 0 bridgehead atoms. The monoisotopic (exact) mass is 323 g/mol. The van der Waals surface area contributed by atoms with Crippen LogP contribution < -0.4 is 10.3 Å². The third-order valence-electron chi connectivity index (χ3n) is 4.74. The van der Waals surface area contributed by atoms with Crippen LogP contribution in [0.2, 0.25) is 0 Å². The molecule has 0 aliphatic heterocycles. The van der Waals surface area contributed by atoms with E-state index in [1.807, 2.05) is 30.3 Å². The molecule has 1 N–H and O–H groups in total. The Labute approximate surface area is 140 Å². The fourth-order valence-corrected chi connectivity index (χ4v) is 3.48. The molecule has 24 heavy (non-hydrogen) atoms. The predicted octanol–water partition coefficient (Wildman–Crippen LogP) is 3.64. The number of nitrogens with one attached hydrogen (secondary N) is 1. The fraction of sp³-hybridized carbons (Fsp3) is 0.368. The third-order valence-corrected chi connectivity index (χ3v) is 4.74. The summed E-state index contributed by atoms with van der Waals surface area (Å²) in [5.41, 5.74) is 2.44. The predicted molar refractivity (Wildman–Crippen MR) is 94.3 cm³/mol. The first-order chi connectivity index (χ1) is 11.7. The first kappa shape index (κ1) is 15.0. The minimum Gasteiger partial charge on any atom is -0.490 e. The minimum absolute atomic E-state index is 0.118. The maximum Gasteiger partial charge on any atom is 0.273 e. The van der Waals surface area contributed by atoms with Gasteiger partial charge in [-0.25, -0.2) is 4.98 Å². The number of hydrogen-bond acceptors (Lipinski definition) is 3. The number of ether oxygens (including phenoxy) is 1. The Morgan fingerprint density at radius 2 is 2.00 bits per heavy atom. The van der Waals surface area contributed by atoms with Gasteiger partial charge in [-0.3, -0.25) is 14.6 Å². The summed E-state index contributed by atoms with van der Waals surface area (Å²) < 4.78 is 7.91. The maximum atomic E-state index is 12.0. The van der Waals surface area contributed by atoms with Crippen molar-refractivity contribution in [2.75, 3.05) is 0 Å². The number of nitrogens with zero attached hydrogens (tertiary/aromatic N) is 2. The van der Waals surface area contributed by atoms with Gasteiger partial charge in [-0.2, -0.15) is 0 Å². The van der Waals surface area contributed by atoms with Crippen LogP contribution in [0.5, 0.6) is 5.75 Å². The molecule has 5 heteroatoms. The van der Waals surface area contributed by atoms with Gasteiger partial charge in [0.05, 0.1) is 11.5 Å². The molecule has 1 aromatic carbocycles. The van der Waals surface area contributed by atoms with Gasteiger partial charge < -0.3 is 4.74 Å². The molecule has 1 saturated carbocycles. The van der Waals surface area contributed by atoms with Gasteiger partial charge in [0.1, 0.15) is 5.75 Å². The van der Waals surface area contributed by atoms with Crippen LogP contribution in [0.4, 0.5) is 0 Å². The number of H-pyrrole nitrogens is 1. The van der Waals surface area contributed by atoms with Crippen molar-refractivity contribution in [1.29, 1.82) is 0 Å². The molecule has 1 aliphatic rings. The zero-order chi connectivity index (χ0) is 16.5. The number of hydrogen-bond donors (Lipinski definition) is 1. The summed E-state index contributed by atoms with van der Waals surface area (Å²) in [6.07, 6.45) is 8.10. The van der Waals surface area contributed by atoms with E-state index in [9.17, 15) is 4.79 Å². The minimum atomic E-state index is -0.118. The number of para-hydroxylation sites is 1. The molecular weight excluding hydrogens is 302 g/mol. The Morgan fingerprint density at radius 1 is 1.21 bits per heavy atom. The van der Waals surface area contributed by atoms with E-state index >= 15 is 0 Å². The highest BCUT2D eigenvalue weighted by Gasteiger charge is 2.17. The second-order valence-electron chi connectivity index (χ2n) is 6.47. The van der Waals surface area contributed by atoms with E-state index in [0.717, 1.165) is 29.7 Å². The highest BCUT2D eigenvalue weighted by molar-refractivity contribution is 5.82. The van der Waals surface area contributed by atoms with E-state index in [1.54, 1.807) is 17.9 Å². The molecule has 4 rings (SSSR count). The molecule has 0 atom stereocenters. The number of aryl methyl sites for hydroxylation is 1. The van der Waals surface area contributed by atoms with Gasteiger partial charge in [0.2, 0.25) is 0 Å². The van der Waals surface area contributed by atoms with Crippen molar-refractivity contribution in [3.05, 3.63) is 46.9 Å². The van der Waals surface area contributed by atoms with Crippen molar-refractivity contribution >= 4 is 11.0 Å². The van der Waals surface area contributed by atoms with Crippen LogP contribution in [0.1, 0.15) is 32.1 Å². The number of aromatic nitrogens is 3. The molecule has 124 valence electrons. The van der Waals surface area contributed by atoms with Crippen LogP contribution in [0.3, 0.4) is 0 Å². The first-order valence-electron chi connectivity index (χ1n) is 8.53. The Morgan fingerprint density at radius 3 is 2.83 bits per heavy atom. The molecule has 0 saturated heterocycles. The van der Waals surface area contributed by atoms with Crippen molar-refractivity contribution in [2.24, 2.45) is 7.05 Å². The molecule has 5 nitrogen and oxygen atoms in total. The van der Waals surface area contributed by atoms with Crippen molar-refractivity contribution in [3.8, 4) is 16.9 Å². The Balaban J connectivity index is 1.73. The van der Waals surface area contributed by atoms with E-state index in [0.29, 0.717) is 11.0 Å². The molecule has 0 radical (unpaired) electrons. The molecular formula is C19H21N3O2. The molecule has 3 aromatic rings. The lowest BCUT2D eigenvalue weighted by atomic mass is 9.97. The fourth-order valence-electron chi connectivity index (χ4n) is 3.48. The van der Waals surface area contributed by atoms with Crippen molar-refractivity contribution in [3.63, 3.8) is 0 Å². The summed E-state index contributed by atoms with van der Waals surface area (Å²) in [6, 6.07) is 9.90. The van der Waals surface area contributed by atoms with Crippen molar-refractivity contribution in [1.82, 2.24) is 14.8 Å². The Kier molecular flexibility index (Phi) is 3.84. The van der Waals surface area contributed by atoms with Gasteiger partial charge in [-0.1, -0.05) is 24.6 Å². The van der Waals surface area contributed by atoms with Gasteiger partial charge >= 0.3 is 0 Å². The van der Waals surface area contributed by atoms with E-state index in [4.69, 9.17) is 4.74 Å². The second-order valence-corrected chi connectivity index (χ2v) is 6.47. The average molecular weight is 323 g/mol. The summed E-state index contributed by atoms with van der Waals surface area (Å²) in [5.74, 6) is 0.873. The average Bonchev–Trinajstić information content (AvgIpc) is 2.90. The van der Waals surface area contributed by atoms with Crippen LogP contribution in [0, 0.1) is 0 Å². The van der Waals surface area contributed by atoms with Gasteiger partial charge in [0, 0.05) is 24.4 Å². The highest BCUT2D eigenvalue weighted by Crippen LogP contribution is 2.33. The zero-order valence-corrected chi connectivity index (χ0v) is 13.8. The van der Waals surface area contributed by atoms with Crippen molar-refractivity contribution < 1.29 is 4.74 Å². The summed E-state index contributed by atoms with van der Waals surface area (Å²) in [5, 5.41) is 3.34. The van der Waals surface area contributed by atoms with Crippen LogP contribution in [-0.4, -0.2) is 20.9 Å². The lowest BCUT2D eigenvalue weighted by Gasteiger charge is -2.24. The molecule has 0 amide bonds. The van der Waals surface area contributed by atoms with E-state index in [-0.39, 0.29) is 11.7 Å². The van der Waals surface area contributed by atoms with Gasteiger partial charge in [-0.15, -0.1) is 0 Å². The zero-order valence-electron chi connectivity index (χ0n) is 13.8. The Bertz CT molecular complexity index is 920. The lowest BCUT2D eigenvalue weighted by molar-refractivity contribution is 0.156. The van der Waals surface area contributed by atoms with Crippen molar-refractivity contribution in [2.45, 2.75) is 38.2 Å². The summed E-state index contributed by atoms with van der Waals surface area (Å²) in [6.45, 7) is 0. The molecule has 2 heterocycles. The van der Waals surface area contributed by atoms with E-state index < -0.39 is 0 Å². The first-order valence-corrected chi connectivity index (χ1v) is 8.53. The topological polar surface area (TPSA) is 59.9 Å². The summed E-state index contributed by atoms with van der Waals surface area (Å²) in [4.78, 5) is 16.5. The van der Waals surface area contributed by atoms with Gasteiger partial charge in [-0.05, 0) is 37.8 Å². The van der Waals surface area contributed by atoms with Crippen LogP contribution >= 0.6 is 0 Å². The van der Waals surface area contributed by atoms with Crippen LogP contribution in [-0.2, 0) is 7.05 Å². The standard InChI is InChI=1S/C19H21N3O2/c1-22-18-16(19(23)21-22)11-13(12-20-18)15-9-5-6-10-17(15)24-14-7-3-2-4-8-14/h5-6,9-12,14H,2-4,7-8H2,1H3,(H,21,23). The smallest absolute Gasteiger partial charge is 0.273 e. The molecule has 1 fully saturated rings. The van der Waals surface area contributed by atoms with E-state index in [1.165, 1.54) is 19.3 Å². The number of fused-ring (bicyclic) bond motifs is 1. The quantitative estimate of drug-likeness (QED) is 0.800. The number of aromatic amines is 1. The molecule has 1 aliphatic carbocycles. The molecule has 2 aromatic heterocycles. The maximum absolute atomic E-state index is 12.0. The lowest BCUT2D eigenvalue weighted by Crippen LogP contribution is -2.19. The summed E-state index contributed by atoms with van der Waals surface area (Å²) in [7, 11) is 1.79. The second kappa shape index (κ2) is 6.15. The van der Waals surface area contributed by atoms with E-state index in [2.05, 4.69) is 10.1 Å². The number of benzene rings is 1. The van der Waals surface area contributed by atoms with Gasteiger partial charge in [0.25, 0.3) is 5.56 Å². The van der Waals surface area contributed by atoms with Crippen LogP contribution in [0.25, 0.3) is 22.2 Å². The normalized spacial score (nSPS) is 15.7. The molecule has 0 spiro atoms. The third kappa shape index (κ3) is 2.70. The Hall–Kier alpha value is -2.56. The van der Waals surface area contributed by atoms with Crippen LogP contribution in [0.15, 0.2) is 41.3 Å². The largest absolute Gasteiger partial charge is 0.490 e.